The number of phosphoric acid groups is 2. The van der Waals surface area contributed by atoms with Gasteiger partial charge in [-0.3, -0.25) is 4.52 Å². The lowest BCUT2D eigenvalue weighted by Crippen LogP contribution is -2.43. The molecule has 0 saturated heterocycles. The number of carbonyl (C=O) groups excluding carboxylic acids is 2. The van der Waals surface area contributed by atoms with E-state index in [4.69, 9.17) is 23.8 Å². The number of phosphoric ester groups is 2. The van der Waals surface area contributed by atoms with Gasteiger partial charge in [0.15, 0.2) is 0 Å². The lowest BCUT2D eigenvalue weighted by molar-refractivity contribution is -0.873. The number of rotatable bonds is 21. The molecule has 0 saturated carbocycles. The molecule has 0 aromatic heterocycles. The molecule has 16 heteroatoms. The van der Waals surface area contributed by atoms with E-state index in [0.717, 1.165) is 12.8 Å². The second kappa shape index (κ2) is 20.6. The van der Waals surface area contributed by atoms with Crippen LogP contribution in [0.5, 0.6) is 0 Å². The Morgan fingerprint density at radius 2 is 1.05 bits per heavy atom. The zero-order valence-corrected chi connectivity index (χ0v) is 28.9. The van der Waals surface area contributed by atoms with Gasteiger partial charge in [-0.2, -0.15) is 0 Å². The molecule has 2 unspecified atom stereocenters. The fraction of sp³-hybridized carbons (Fsp3) is 0.778. The highest BCUT2D eigenvalue weighted by atomic mass is 31.2. The molecule has 0 aliphatic heterocycles. The molecule has 43 heavy (non-hydrogen) atoms. The lowest BCUT2D eigenvalue weighted by atomic mass is 10.1. The predicted octanol–water partition coefficient (Wildman–Crippen LogP) is 2.05. The lowest BCUT2D eigenvalue weighted by Gasteiger charge is -2.36. The maximum atomic E-state index is 11.2. The monoisotopic (exact) mass is 660 g/mol. The summed E-state index contributed by atoms with van der Waals surface area (Å²) in [5, 5.41) is 0. The number of quaternary nitrogens is 2. The van der Waals surface area contributed by atoms with Crippen molar-refractivity contribution in [1.29, 1.82) is 0 Å². The average Bonchev–Trinajstić information content (AvgIpc) is 2.76. The molecule has 14 nitrogen and oxygen atoms in total. The molecular formula is C27H54N2O12P2. The van der Waals surface area contributed by atoms with Gasteiger partial charge in [-0.1, -0.05) is 19.6 Å². The summed E-state index contributed by atoms with van der Waals surface area (Å²) in [5.74, 6) is -0.842. The Hall–Kier alpha value is -1.44. The average molecular weight is 661 g/mol. The van der Waals surface area contributed by atoms with Crippen LogP contribution in [0.1, 0.15) is 58.8 Å². The fourth-order valence-corrected chi connectivity index (χ4v) is 4.75. The smallest absolute Gasteiger partial charge is 0.470 e. The summed E-state index contributed by atoms with van der Waals surface area (Å²) < 4.78 is 42.1. The van der Waals surface area contributed by atoms with E-state index in [2.05, 4.69) is 17.7 Å². The van der Waals surface area contributed by atoms with E-state index in [9.17, 15) is 28.5 Å². The minimum Gasteiger partial charge on any atom is -0.790 e. The van der Waals surface area contributed by atoms with Gasteiger partial charge in [0.05, 0.1) is 63.3 Å². The topological polar surface area (TPSA) is 192 Å². The van der Waals surface area contributed by atoms with Crippen molar-refractivity contribution in [3.63, 3.8) is 0 Å². The number of ether oxygens (including phenoxy) is 2. The third kappa shape index (κ3) is 31.8. The van der Waals surface area contributed by atoms with Crippen LogP contribution in [0.15, 0.2) is 24.3 Å². The number of hydrogen-bond donors (Lipinski definition) is 2. The maximum Gasteiger partial charge on any atom is 0.470 e. The molecule has 254 valence electrons. The molecule has 0 aromatic rings. The molecule has 0 spiro atoms. The first-order chi connectivity index (χ1) is 19.3. The molecule has 0 aliphatic rings. The SMILES string of the molecule is C=C(C)C(=O)OCCCCC(C[N+](C)(C)C)OP(=O)([O-])[O-].C=C(C)C(=O)OCCCCCC(C[N+](C)(C)C)OP(=O)(O)O. The quantitative estimate of drug-likeness (QED) is 0.0600. The Balaban J connectivity index is 0. The Labute approximate surface area is 257 Å². The zero-order chi connectivity index (χ0) is 34.1. The van der Waals surface area contributed by atoms with E-state index in [1.807, 2.05) is 42.3 Å². The molecule has 0 radical (unpaired) electrons. The summed E-state index contributed by atoms with van der Waals surface area (Å²) in [6.45, 7) is 11.6. The summed E-state index contributed by atoms with van der Waals surface area (Å²) in [6.07, 6.45) is 3.19. The van der Waals surface area contributed by atoms with E-state index in [1.54, 1.807) is 13.8 Å². The molecule has 0 amide bonds. The molecule has 0 rings (SSSR count). The predicted molar refractivity (Wildman–Crippen MR) is 159 cm³/mol. The van der Waals surface area contributed by atoms with E-state index >= 15 is 0 Å². The third-order valence-corrected chi connectivity index (χ3v) is 6.45. The molecule has 0 fully saturated rings. The standard InChI is InChI=1S/C14H28NO6P.C13H26NO6P/c1-12(2)14(16)20-10-8-6-7-9-13(11-15(3,4)5)21-22(17,18)19;1-11(2)13(15)19-9-7-6-8-12(10-14(3,4)5)20-21(16,17)18/h13H,1,6-11H2,2-5H3,(H-,17,18,19);12H,1,6-10H2,2-5H3,(H-,16,17,18). The third-order valence-electron chi connectivity index (χ3n) is 5.32. The van der Waals surface area contributed by atoms with Gasteiger partial charge in [0, 0.05) is 11.1 Å². The number of nitrogens with zero attached hydrogens (tertiary/aromatic N) is 2. The Bertz CT molecular complexity index is 964. The second-order valence-corrected chi connectivity index (χ2v) is 14.8. The van der Waals surface area contributed by atoms with Crippen molar-refractivity contribution in [3.8, 4) is 0 Å². The van der Waals surface area contributed by atoms with Gasteiger partial charge < -0.3 is 47.1 Å². The van der Waals surface area contributed by atoms with Gasteiger partial charge >= 0.3 is 19.8 Å². The van der Waals surface area contributed by atoms with Crippen LogP contribution in [0.3, 0.4) is 0 Å². The molecule has 2 N–H and O–H groups in total. The van der Waals surface area contributed by atoms with Gasteiger partial charge in [0.2, 0.25) is 0 Å². The molecular weight excluding hydrogens is 606 g/mol. The van der Waals surface area contributed by atoms with Crippen molar-refractivity contribution in [2.24, 2.45) is 0 Å². The summed E-state index contributed by atoms with van der Waals surface area (Å²) in [4.78, 5) is 61.7. The highest BCUT2D eigenvalue weighted by Crippen LogP contribution is 2.39. The first kappa shape index (κ1) is 43.7. The number of hydrogen-bond acceptors (Lipinski definition) is 10. The van der Waals surface area contributed by atoms with E-state index in [1.165, 1.54) is 0 Å². The molecule has 0 heterocycles. The minimum absolute atomic E-state index is 0.231. The summed E-state index contributed by atoms with van der Waals surface area (Å²) in [6, 6.07) is 0. The van der Waals surface area contributed by atoms with Gasteiger partial charge in [0.1, 0.15) is 25.3 Å². The van der Waals surface area contributed by atoms with Gasteiger partial charge in [-0.15, -0.1) is 0 Å². The second-order valence-electron chi connectivity index (χ2n) is 12.5. The van der Waals surface area contributed by atoms with Crippen molar-refractivity contribution in [2.75, 3.05) is 68.6 Å². The van der Waals surface area contributed by atoms with E-state index in [0.29, 0.717) is 71.9 Å². The van der Waals surface area contributed by atoms with Crippen molar-refractivity contribution < 1.29 is 65.8 Å². The van der Waals surface area contributed by atoms with Crippen LogP contribution in [-0.4, -0.2) is 111 Å². The van der Waals surface area contributed by atoms with Crippen LogP contribution in [0.4, 0.5) is 0 Å². The maximum absolute atomic E-state index is 11.2. The van der Waals surface area contributed by atoms with Gasteiger partial charge in [-0.05, 0) is 52.4 Å². The first-order valence-corrected chi connectivity index (χ1v) is 17.0. The van der Waals surface area contributed by atoms with Crippen LogP contribution in [0, 0.1) is 0 Å². The number of carbonyl (C=O) groups is 2. The normalized spacial score (nSPS) is 13.8. The highest BCUT2D eigenvalue weighted by molar-refractivity contribution is 7.46. The Morgan fingerprint density at radius 3 is 1.37 bits per heavy atom. The molecule has 0 aromatic carbocycles. The molecule has 0 aliphatic carbocycles. The van der Waals surface area contributed by atoms with Gasteiger partial charge in [-0.25, -0.2) is 14.2 Å². The summed E-state index contributed by atoms with van der Waals surface area (Å²) in [5.41, 5.74) is 0.706. The molecule has 2 atom stereocenters. The molecule has 0 bridgehead atoms. The van der Waals surface area contributed by atoms with Crippen LogP contribution in [0.2, 0.25) is 0 Å². The summed E-state index contributed by atoms with van der Waals surface area (Å²) in [7, 11) is 1.97. The summed E-state index contributed by atoms with van der Waals surface area (Å²) >= 11 is 0. The highest BCUT2D eigenvalue weighted by Gasteiger charge is 2.26. The van der Waals surface area contributed by atoms with E-state index in [-0.39, 0.29) is 6.61 Å². The van der Waals surface area contributed by atoms with Crippen LogP contribution in [0.25, 0.3) is 0 Å². The number of unbranched alkanes of at least 4 members (excludes halogenated alkanes) is 3. The Morgan fingerprint density at radius 1 is 0.698 bits per heavy atom. The van der Waals surface area contributed by atoms with Crippen molar-refractivity contribution in [3.05, 3.63) is 24.3 Å². The van der Waals surface area contributed by atoms with Crippen LogP contribution < -0.4 is 9.79 Å². The largest absolute Gasteiger partial charge is 0.790 e. The van der Waals surface area contributed by atoms with Crippen molar-refractivity contribution >= 4 is 27.6 Å². The first-order valence-electron chi connectivity index (χ1n) is 14.0. The minimum atomic E-state index is -5.00. The van der Waals surface area contributed by atoms with E-state index < -0.39 is 39.8 Å². The van der Waals surface area contributed by atoms with Gasteiger partial charge in [0.25, 0.3) is 0 Å². The van der Waals surface area contributed by atoms with Crippen molar-refractivity contribution in [1.82, 2.24) is 0 Å². The van der Waals surface area contributed by atoms with Crippen LogP contribution >= 0.6 is 15.6 Å². The Kier molecular flexibility index (Phi) is 20.9. The fourth-order valence-electron chi connectivity index (χ4n) is 3.65. The van der Waals surface area contributed by atoms with Crippen LogP contribution in [-0.2, 0) is 37.2 Å². The number of esters is 2. The van der Waals surface area contributed by atoms with Crippen molar-refractivity contribution in [2.45, 2.75) is 71.0 Å². The number of likely N-dealkylation sites (N-methyl/N-ethyl adjacent to an activating group) is 2. The zero-order valence-electron chi connectivity index (χ0n) is 27.1.